The molecule has 0 bridgehead atoms. The van der Waals surface area contributed by atoms with E-state index in [0.29, 0.717) is 0 Å². The van der Waals surface area contributed by atoms with Gasteiger partial charge >= 0.3 is 0 Å². The van der Waals surface area contributed by atoms with Crippen molar-refractivity contribution in [2.75, 3.05) is 0 Å². The summed E-state index contributed by atoms with van der Waals surface area (Å²) in [6.45, 7) is 4.16. The zero-order chi connectivity index (χ0) is 9.84. The Hall–Kier alpha value is -0.340. The first kappa shape index (κ1) is 10.7. The number of hydrogen-bond acceptors (Lipinski definition) is 1. The van der Waals surface area contributed by atoms with Crippen molar-refractivity contribution in [2.45, 2.75) is 32.7 Å². The smallest absolute Gasteiger partial charge is 0.0207 e. The predicted octanol–water partition coefficient (Wildman–Crippen LogP) is 3.04. The van der Waals surface area contributed by atoms with Crippen molar-refractivity contribution >= 4 is 15.9 Å². The number of rotatable bonds is 3. The molecule has 0 fully saturated rings. The van der Waals surface area contributed by atoms with Gasteiger partial charge < -0.3 is 5.73 Å². The third-order valence-corrected chi connectivity index (χ3v) is 2.84. The van der Waals surface area contributed by atoms with Crippen molar-refractivity contribution in [1.29, 1.82) is 0 Å². The van der Waals surface area contributed by atoms with E-state index in [1.807, 2.05) is 6.92 Å². The van der Waals surface area contributed by atoms with E-state index in [2.05, 4.69) is 41.1 Å². The molecule has 0 aliphatic carbocycles. The van der Waals surface area contributed by atoms with Crippen molar-refractivity contribution in [2.24, 2.45) is 5.73 Å². The molecule has 0 radical (unpaired) electrons. The first-order valence-corrected chi connectivity index (χ1v) is 5.39. The summed E-state index contributed by atoms with van der Waals surface area (Å²) in [5.41, 5.74) is 8.38. The van der Waals surface area contributed by atoms with E-state index in [-0.39, 0.29) is 6.04 Å². The van der Waals surface area contributed by atoms with Crippen LogP contribution in [0.1, 0.15) is 24.5 Å². The van der Waals surface area contributed by atoms with Crippen LogP contribution in [0.4, 0.5) is 0 Å². The van der Waals surface area contributed by atoms with Crippen molar-refractivity contribution < 1.29 is 0 Å². The molecule has 0 aliphatic rings. The third kappa shape index (κ3) is 3.49. The van der Waals surface area contributed by atoms with Crippen LogP contribution in [-0.2, 0) is 6.42 Å². The first-order chi connectivity index (χ1) is 6.09. The van der Waals surface area contributed by atoms with Gasteiger partial charge in [-0.3, -0.25) is 0 Å². The zero-order valence-corrected chi connectivity index (χ0v) is 9.76. The van der Waals surface area contributed by atoms with E-state index >= 15 is 0 Å². The van der Waals surface area contributed by atoms with Crippen molar-refractivity contribution in [3.63, 3.8) is 0 Å². The summed E-state index contributed by atoms with van der Waals surface area (Å²) < 4.78 is 1.19. The van der Waals surface area contributed by atoms with Crippen molar-refractivity contribution in [1.82, 2.24) is 0 Å². The van der Waals surface area contributed by atoms with Crippen LogP contribution in [0.5, 0.6) is 0 Å². The molecule has 1 rings (SSSR count). The molecule has 0 spiro atoms. The second kappa shape index (κ2) is 4.77. The van der Waals surface area contributed by atoms with Gasteiger partial charge in [0, 0.05) is 10.5 Å². The third-order valence-electron chi connectivity index (χ3n) is 2.07. The number of nitrogens with two attached hydrogens (primary N) is 1. The van der Waals surface area contributed by atoms with Crippen LogP contribution in [0.15, 0.2) is 22.7 Å². The normalized spacial score (nSPS) is 12.9. The van der Waals surface area contributed by atoms with Crippen LogP contribution in [0.2, 0.25) is 0 Å². The van der Waals surface area contributed by atoms with E-state index in [0.717, 1.165) is 12.8 Å². The molecule has 13 heavy (non-hydrogen) atoms. The van der Waals surface area contributed by atoms with Gasteiger partial charge in [-0.1, -0.05) is 33.6 Å². The van der Waals surface area contributed by atoms with Crippen LogP contribution in [0.3, 0.4) is 0 Å². The molecule has 0 aromatic heterocycles. The predicted molar refractivity (Wildman–Crippen MR) is 60.8 cm³/mol. The summed E-state index contributed by atoms with van der Waals surface area (Å²) in [7, 11) is 0. The lowest BCUT2D eigenvalue weighted by Gasteiger charge is -2.07. The molecule has 0 unspecified atom stereocenters. The molecule has 0 heterocycles. The largest absolute Gasteiger partial charge is 0.328 e. The highest BCUT2D eigenvalue weighted by atomic mass is 79.9. The van der Waals surface area contributed by atoms with Gasteiger partial charge in [0.15, 0.2) is 0 Å². The summed E-state index contributed by atoms with van der Waals surface area (Å²) >= 11 is 3.54. The second-order valence-electron chi connectivity index (χ2n) is 3.61. The molecule has 1 atom stereocenters. The molecule has 1 aromatic carbocycles. The fraction of sp³-hybridized carbons (Fsp3) is 0.455. The molecule has 2 heteroatoms. The standard InChI is InChI=1S/C11H16BrN/c1-8-3-6-11(12)10(7-8)5-4-9(2)13/h3,6-7,9H,4-5,13H2,1-2H3/t9-/m0/s1. The number of hydrogen-bond donors (Lipinski definition) is 1. The lowest BCUT2D eigenvalue weighted by Crippen LogP contribution is -2.15. The molecule has 72 valence electrons. The first-order valence-electron chi connectivity index (χ1n) is 4.60. The summed E-state index contributed by atoms with van der Waals surface area (Å²) in [6, 6.07) is 6.71. The maximum Gasteiger partial charge on any atom is 0.0207 e. The van der Waals surface area contributed by atoms with Gasteiger partial charge in [-0.05, 0) is 38.3 Å². The fourth-order valence-electron chi connectivity index (χ4n) is 1.28. The minimum atomic E-state index is 0.285. The second-order valence-corrected chi connectivity index (χ2v) is 4.47. The highest BCUT2D eigenvalue weighted by molar-refractivity contribution is 9.10. The van der Waals surface area contributed by atoms with E-state index in [9.17, 15) is 0 Å². The van der Waals surface area contributed by atoms with Crippen LogP contribution in [0.25, 0.3) is 0 Å². The van der Waals surface area contributed by atoms with E-state index in [1.54, 1.807) is 0 Å². The summed E-state index contributed by atoms with van der Waals surface area (Å²) in [6.07, 6.45) is 2.10. The summed E-state index contributed by atoms with van der Waals surface area (Å²) in [5.74, 6) is 0. The minimum Gasteiger partial charge on any atom is -0.328 e. The zero-order valence-electron chi connectivity index (χ0n) is 8.18. The Morgan fingerprint density at radius 3 is 2.77 bits per heavy atom. The monoisotopic (exact) mass is 241 g/mol. The number of aryl methyl sites for hydroxylation is 2. The van der Waals surface area contributed by atoms with Crippen molar-refractivity contribution in [3.05, 3.63) is 33.8 Å². The molecular weight excluding hydrogens is 226 g/mol. The van der Waals surface area contributed by atoms with Crippen molar-refractivity contribution in [3.8, 4) is 0 Å². The van der Waals surface area contributed by atoms with E-state index in [1.165, 1.54) is 15.6 Å². The Bertz CT molecular complexity index is 281. The van der Waals surface area contributed by atoms with Crippen LogP contribution in [0, 0.1) is 6.92 Å². The van der Waals surface area contributed by atoms with Gasteiger partial charge in [-0.2, -0.15) is 0 Å². The Labute approximate surface area is 88.5 Å². The SMILES string of the molecule is Cc1ccc(Br)c(CC[C@H](C)N)c1. The molecular formula is C11H16BrN. The summed E-state index contributed by atoms with van der Waals surface area (Å²) in [4.78, 5) is 0. The van der Waals surface area contributed by atoms with Gasteiger partial charge in [-0.15, -0.1) is 0 Å². The summed E-state index contributed by atoms with van der Waals surface area (Å²) in [5, 5.41) is 0. The Morgan fingerprint density at radius 1 is 1.46 bits per heavy atom. The van der Waals surface area contributed by atoms with Gasteiger partial charge in [-0.25, -0.2) is 0 Å². The molecule has 2 N–H and O–H groups in total. The molecule has 0 aliphatic heterocycles. The quantitative estimate of drug-likeness (QED) is 0.866. The minimum absolute atomic E-state index is 0.285. The highest BCUT2D eigenvalue weighted by Gasteiger charge is 2.01. The topological polar surface area (TPSA) is 26.0 Å². The Kier molecular flexibility index (Phi) is 3.94. The molecule has 0 saturated carbocycles. The molecule has 1 aromatic rings. The van der Waals surface area contributed by atoms with Gasteiger partial charge in [0.1, 0.15) is 0 Å². The molecule has 0 amide bonds. The molecule has 0 saturated heterocycles. The maximum atomic E-state index is 5.71. The number of halogens is 1. The van der Waals surface area contributed by atoms with Crippen LogP contribution < -0.4 is 5.73 Å². The lowest BCUT2D eigenvalue weighted by molar-refractivity contribution is 0.665. The average Bonchev–Trinajstić information content (AvgIpc) is 2.06. The Morgan fingerprint density at radius 2 is 2.15 bits per heavy atom. The highest BCUT2D eigenvalue weighted by Crippen LogP contribution is 2.19. The van der Waals surface area contributed by atoms with Gasteiger partial charge in [0.2, 0.25) is 0 Å². The van der Waals surface area contributed by atoms with E-state index in [4.69, 9.17) is 5.73 Å². The number of benzene rings is 1. The molecule has 1 nitrogen and oxygen atoms in total. The maximum absolute atomic E-state index is 5.71. The van der Waals surface area contributed by atoms with Gasteiger partial charge in [0.25, 0.3) is 0 Å². The van der Waals surface area contributed by atoms with Gasteiger partial charge in [0.05, 0.1) is 0 Å². The Balaban J connectivity index is 2.70. The lowest BCUT2D eigenvalue weighted by atomic mass is 10.0. The van der Waals surface area contributed by atoms with Crippen LogP contribution >= 0.6 is 15.9 Å². The van der Waals surface area contributed by atoms with Crippen LogP contribution in [-0.4, -0.2) is 6.04 Å². The average molecular weight is 242 g/mol. The van der Waals surface area contributed by atoms with E-state index < -0.39 is 0 Å². The fourth-order valence-corrected chi connectivity index (χ4v) is 1.72.